The fraction of sp³-hybridized carbons (Fsp3) is 0.562. The van der Waals surface area contributed by atoms with E-state index in [0.717, 1.165) is 31.7 Å². The molecule has 0 aliphatic carbocycles. The van der Waals surface area contributed by atoms with E-state index in [1.54, 1.807) is 6.20 Å². The zero-order valence-corrected chi connectivity index (χ0v) is 13.6. The topological polar surface area (TPSA) is 71.5 Å². The van der Waals surface area contributed by atoms with Gasteiger partial charge in [0.05, 0.1) is 25.4 Å². The second kappa shape index (κ2) is 9.76. The van der Waals surface area contributed by atoms with E-state index in [2.05, 4.69) is 33.8 Å². The molecule has 1 heterocycles. The highest BCUT2D eigenvalue weighted by Crippen LogP contribution is 2.15. The predicted octanol–water partition coefficient (Wildman–Crippen LogP) is 2.60. The molecule has 0 unspecified atom stereocenters. The molecule has 0 aliphatic heterocycles. The summed E-state index contributed by atoms with van der Waals surface area (Å²) < 4.78 is 4.50. The minimum Gasteiger partial charge on any atom is -0.469 e. The summed E-state index contributed by atoms with van der Waals surface area (Å²) >= 11 is 0. The largest absolute Gasteiger partial charge is 0.469 e. The van der Waals surface area contributed by atoms with Crippen molar-refractivity contribution >= 4 is 23.4 Å². The van der Waals surface area contributed by atoms with Gasteiger partial charge in [0.25, 0.3) is 0 Å². The highest BCUT2D eigenvalue weighted by Gasteiger charge is 2.09. The van der Waals surface area contributed by atoms with Crippen LogP contribution in [-0.4, -0.2) is 37.1 Å². The molecule has 0 radical (unpaired) electrons. The fourth-order valence-corrected chi connectivity index (χ4v) is 2.07. The standard InChI is InChI=1S/C16H25N3O3/c1-4-10-19(11-5-2)14-7-6-13(12-17-14)18-15(20)8-9-16(21)22-3/h6-7,12H,4-5,8-11H2,1-3H3,(H,18,20). The third-order valence-corrected chi connectivity index (χ3v) is 3.13. The zero-order valence-electron chi connectivity index (χ0n) is 13.6. The third-order valence-electron chi connectivity index (χ3n) is 3.13. The summed E-state index contributed by atoms with van der Waals surface area (Å²) in [7, 11) is 1.31. The van der Waals surface area contributed by atoms with Crippen molar-refractivity contribution in [1.82, 2.24) is 4.98 Å². The molecule has 0 fully saturated rings. The Balaban J connectivity index is 2.56. The number of nitrogens with one attached hydrogen (secondary N) is 1. The maximum absolute atomic E-state index is 11.7. The molecule has 6 nitrogen and oxygen atoms in total. The van der Waals surface area contributed by atoms with Gasteiger partial charge in [0.15, 0.2) is 0 Å². The average Bonchev–Trinajstić information content (AvgIpc) is 2.53. The van der Waals surface area contributed by atoms with Gasteiger partial charge in [-0.25, -0.2) is 4.98 Å². The Kier molecular flexibility index (Phi) is 7.96. The van der Waals surface area contributed by atoms with Crippen molar-refractivity contribution in [3.8, 4) is 0 Å². The quantitative estimate of drug-likeness (QED) is 0.710. The van der Waals surface area contributed by atoms with E-state index in [1.165, 1.54) is 7.11 Å². The van der Waals surface area contributed by atoms with E-state index in [0.29, 0.717) is 5.69 Å². The van der Waals surface area contributed by atoms with Gasteiger partial charge in [0.1, 0.15) is 5.82 Å². The molecule has 0 aromatic carbocycles. The highest BCUT2D eigenvalue weighted by atomic mass is 16.5. The Hall–Kier alpha value is -2.11. The molecular formula is C16H25N3O3. The van der Waals surface area contributed by atoms with Crippen LogP contribution in [0, 0.1) is 0 Å². The van der Waals surface area contributed by atoms with Crippen LogP contribution in [0.3, 0.4) is 0 Å². The number of aromatic nitrogens is 1. The highest BCUT2D eigenvalue weighted by molar-refractivity contribution is 5.92. The van der Waals surface area contributed by atoms with Crippen LogP contribution < -0.4 is 10.2 Å². The van der Waals surface area contributed by atoms with Crippen LogP contribution in [0.5, 0.6) is 0 Å². The van der Waals surface area contributed by atoms with Crippen molar-refractivity contribution in [2.75, 3.05) is 30.4 Å². The molecule has 1 aromatic heterocycles. The smallest absolute Gasteiger partial charge is 0.306 e. The Morgan fingerprint density at radius 3 is 2.36 bits per heavy atom. The Labute approximate surface area is 131 Å². The molecule has 0 atom stereocenters. The lowest BCUT2D eigenvalue weighted by Gasteiger charge is -2.22. The van der Waals surface area contributed by atoms with Crippen molar-refractivity contribution in [3.05, 3.63) is 18.3 Å². The normalized spacial score (nSPS) is 10.1. The van der Waals surface area contributed by atoms with Crippen molar-refractivity contribution in [3.63, 3.8) is 0 Å². The van der Waals surface area contributed by atoms with Crippen LogP contribution in [0.2, 0.25) is 0 Å². The van der Waals surface area contributed by atoms with Crippen molar-refractivity contribution in [2.24, 2.45) is 0 Å². The monoisotopic (exact) mass is 307 g/mol. The van der Waals surface area contributed by atoms with Gasteiger partial charge in [0.2, 0.25) is 5.91 Å². The Morgan fingerprint density at radius 1 is 1.18 bits per heavy atom. The molecule has 0 bridgehead atoms. The number of hydrogen-bond donors (Lipinski definition) is 1. The van der Waals surface area contributed by atoms with Gasteiger partial charge in [-0.3, -0.25) is 9.59 Å². The van der Waals surface area contributed by atoms with Crippen LogP contribution in [0.1, 0.15) is 39.5 Å². The van der Waals surface area contributed by atoms with Crippen LogP contribution in [0.4, 0.5) is 11.5 Å². The molecule has 22 heavy (non-hydrogen) atoms. The average molecular weight is 307 g/mol. The first-order valence-electron chi connectivity index (χ1n) is 7.68. The molecule has 1 N–H and O–H groups in total. The maximum atomic E-state index is 11.7. The zero-order chi connectivity index (χ0) is 16.4. The summed E-state index contributed by atoms with van der Waals surface area (Å²) in [5, 5.41) is 2.72. The summed E-state index contributed by atoms with van der Waals surface area (Å²) in [5.74, 6) is 0.300. The number of carbonyl (C=O) groups is 2. The van der Waals surface area contributed by atoms with E-state index < -0.39 is 5.97 Å². The number of amides is 1. The number of rotatable bonds is 9. The van der Waals surface area contributed by atoms with Crippen LogP contribution >= 0.6 is 0 Å². The summed E-state index contributed by atoms with van der Waals surface area (Å²) in [6.07, 6.45) is 3.95. The van der Waals surface area contributed by atoms with Gasteiger partial charge < -0.3 is 15.0 Å². The maximum Gasteiger partial charge on any atom is 0.306 e. The van der Waals surface area contributed by atoms with Crippen molar-refractivity contribution in [1.29, 1.82) is 0 Å². The van der Waals surface area contributed by atoms with Crippen molar-refractivity contribution in [2.45, 2.75) is 39.5 Å². The van der Waals surface area contributed by atoms with Gasteiger partial charge >= 0.3 is 5.97 Å². The minimum atomic E-state index is -0.390. The summed E-state index contributed by atoms with van der Waals surface area (Å²) in [6.45, 7) is 6.20. The molecule has 1 aromatic rings. The molecule has 0 spiro atoms. The lowest BCUT2D eigenvalue weighted by atomic mass is 10.3. The number of hydrogen-bond acceptors (Lipinski definition) is 5. The summed E-state index contributed by atoms with van der Waals surface area (Å²) in [5.41, 5.74) is 0.631. The first kappa shape index (κ1) is 17.9. The summed E-state index contributed by atoms with van der Waals surface area (Å²) in [4.78, 5) is 29.3. The summed E-state index contributed by atoms with van der Waals surface area (Å²) in [6, 6.07) is 3.73. The predicted molar refractivity (Wildman–Crippen MR) is 86.9 cm³/mol. The molecule has 1 amide bonds. The molecule has 0 saturated carbocycles. The number of esters is 1. The second-order valence-electron chi connectivity index (χ2n) is 5.02. The van der Waals surface area contributed by atoms with E-state index in [1.807, 2.05) is 12.1 Å². The van der Waals surface area contributed by atoms with E-state index in [4.69, 9.17) is 0 Å². The van der Waals surface area contributed by atoms with Gasteiger partial charge in [-0.1, -0.05) is 13.8 Å². The van der Waals surface area contributed by atoms with Gasteiger partial charge in [0, 0.05) is 19.5 Å². The number of anilines is 2. The first-order valence-corrected chi connectivity index (χ1v) is 7.68. The lowest BCUT2D eigenvalue weighted by molar-refractivity contribution is -0.141. The van der Waals surface area contributed by atoms with Gasteiger partial charge in [-0.2, -0.15) is 0 Å². The van der Waals surface area contributed by atoms with Crippen molar-refractivity contribution < 1.29 is 14.3 Å². The van der Waals surface area contributed by atoms with Crippen LogP contribution in [0.15, 0.2) is 18.3 Å². The minimum absolute atomic E-state index is 0.0780. The number of ether oxygens (including phenoxy) is 1. The lowest BCUT2D eigenvalue weighted by Crippen LogP contribution is -2.25. The molecule has 6 heteroatoms. The van der Waals surface area contributed by atoms with Crippen LogP contribution in [-0.2, 0) is 14.3 Å². The van der Waals surface area contributed by atoms with Crippen LogP contribution in [0.25, 0.3) is 0 Å². The number of carbonyl (C=O) groups excluding carboxylic acids is 2. The number of nitrogens with zero attached hydrogens (tertiary/aromatic N) is 2. The first-order chi connectivity index (χ1) is 10.6. The Morgan fingerprint density at radius 2 is 1.86 bits per heavy atom. The Bertz CT molecular complexity index is 468. The number of pyridine rings is 1. The third kappa shape index (κ3) is 6.11. The second-order valence-corrected chi connectivity index (χ2v) is 5.02. The molecule has 122 valence electrons. The van der Waals surface area contributed by atoms with Gasteiger partial charge in [-0.15, -0.1) is 0 Å². The van der Waals surface area contributed by atoms with E-state index in [-0.39, 0.29) is 18.7 Å². The molecule has 0 saturated heterocycles. The van der Waals surface area contributed by atoms with E-state index >= 15 is 0 Å². The molecule has 0 aliphatic rings. The van der Waals surface area contributed by atoms with Gasteiger partial charge in [-0.05, 0) is 25.0 Å². The molecule has 1 rings (SSSR count). The fourth-order valence-electron chi connectivity index (χ4n) is 2.07. The number of methoxy groups -OCH3 is 1. The van der Waals surface area contributed by atoms with E-state index in [9.17, 15) is 9.59 Å². The molecular weight excluding hydrogens is 282 g/mol. The SMILES string of the molecule is CCCN(CCC)c1ccc(NC(=O)CCC(=O)OC)cn1.